The summed E-state index contributed by atoms with van der Waals surface area (Å²) in [6, 6.07) is 61.2. The molecule has 0 bridgehead atoms. The average Bonchev–Trinajstić information content (AvgIpc) is 4.02. The minimum Gasteiger partial charge on any atom is -0.443 e. The summed E-state index contributed by atoms with van der Waals surface area (Å²) in [5.41, 5.74) is 10.5. The van der Waals surface area contributed by atoms with Gasteiger partial charge in [-0.25, -0.2) is 19.9 Å². The third kappa shape index (κ3) is 9.52. The normalized spacial score (nSPS) is 13.8. The van der Waals surface area contributed by atoms with Gasteiger partial charge in [-0.2, -0.15) is 0 Å². The molecule has 0 radical (unpaired) electrons. The van der Waals surface area contributed by atoms with Crippen molar-refractivity contribution in [1.82, 2.24) is 35.2 Å². The third-order valence-corrected chi connectivity index (χ3v) is 13.4. The largest absolute Gasteiger partial charge is 0.443 e. The van der Waals surface area contributed by atoms with E-state index in [0.717, 1.165) is 78.1 Å². The molecule has 0 aliphatic carbocycles. The number of aromatic nitrogens is 5. The molecule has 3 amide bonds. The lowest BCUT2D eigenvalue weighted by atomic mass is 9.77. The maximum Gasteiger partial charge on any atom is 0.426 e. The summed E-state index contributed by atoms with van der Waals surface area (Å²) in [6.07, 6.45) is 2.51. The lowest BCUT2D eigenvalue weighted by molar-refractivity contribution is -0.143. The van der Waals surface area contributed by atoms with Gasteiger partial charge in [0.2, 0.25) is 12.3 Å². The quantitative estimate of drug-likeness (QED) is 0.0683. The molecular formula is C60H54N8O5. The van der Waals surface area contributed by atoms with Gasteiger partial charge in [0.1, 0.15) is 17.2 Å². The van der Waals surface area contributed by atoms with Gasteiger partial charge in [-0.1, -0.05) is 176 Å². The van der Waals surface area contributed by atoms with Gasteiger partial charge >= 0.3 is 6.09 Å². The van der Waals surface area contributed by atoms with Gasteiger partial charge in [-0.3, -0.25) is 19.0 Å². The molecule has 0 saturated carbocycles. The van der Waals surface area contributed by atoms with E-state index in [4.69, 9.17) is 15.0 Å². The molecule has 1 aliphatic rings. The molecule has 0 saturated heterocycles. The Bertz CT molecular complexity index is 3330. The van der Waals surface area contributed by atoms with Crippen LogP contribution in [0.4, 0.5) is 10.5 Å². The summed E-state index contributed by atoms with van der Waals surface area (Å²) >= 11 is 0. The maximum atomic E-state index is 15.2. The Balaban J connectivity index is 0.977. The molecule has 13 nitrogen and oxygen atoms in total. The van der Waals surface area contributed by atoms with Crippen LogP contribution in [0.5, 0.6) is 0 Å². The number of aryl methyl sites for hydroxylation is 2. The fourth-order valence-corrected chi connectivity index (χ4v) is 10.1. The SMILES string of the molecule is CC(C)(C)OC(=O)NN(C(=O)CCc1cn(C=O)c2ccccc12)[C@@H]1CCc2ccccc2N(Cc2ccc(-c3ccccc3-c3nnnn3C(c3ccccc3)(c3ccccc3)c3ccccc3)cc2)C1=O. The fraction of sp³-hybridized carbons (Fsp3) is 0.183. The van der Waals surface area contributed by atoms with Crippen LogP contribution in [0.1, 0.15) is 67.0 Å². The molecular weight excluding hydrogens is 913 g/mol. The number of rotatable bonds is 13. The van der Waals surface area contributed by atoms with E-state index in [1.807, 2.05) is 150 Å². The van der Waals surface area contributed by atoms with Crippen molar-refractivity contribution < 1.29 is 23.9 Å². The predicted octanol–water partition coefficient (Wildman–Crippen LogP) is 10.6. The van der Waals surface area contributed by atoms with Crippen LogP contribution >= 0.6 is 0 Å². The molecule has 7 aromatic carbocycles. The number of hydrogen-bond donors (Lipinski definition) is 1. The number of hydrazine groups is 1. The first kappa shape index (κ1) is 47.7. The average molecular weight is 967 g/mol. The number of anilines is 1. The van der Waals surface area contributed by atoms with E-state index in [1.54, 1.807) is 31.9 Å². The second-order valence-corrected chi connectivity index (χ2v) is 19.1. The first-order valence-electron chi connectivity index (χ1n) is 24.4. The Kier molecular flexibility index (Phi) is 13.3. The van der Waals surface area contributed by atoms with Crippen molar-refractivity contribution >= 4 is 40.9 Å². The summed E-state index contributed by atoms with van der Waals surface area (Å²) in [5, 5.41) is 15.9. The standard InChI is InChI=1S/C60H54N8O5/c1-59(2,3)73-58(72)62-67(55(70)38-36-45-40-65(41-69)53-30-18-16-27-50(45)53)54-37-35-44-19-13-17-29-52(44)66(57(54)71)39-42-31-33-43(34-32-42)49-26-14-15-28-51(49)56-61-63-64-68(56)60(46-20-7-4-8-21-46,47-22-9-5-10-23-47)48-24-11-6-12-25-48/h4-34,40-41,54H,35-39H2,1-3H3,(H,62,72)/t54-/m1/s1. The first-order chi connectivity index (χ1) is 35.5. The number of hydrogen-bond acceptors (Lipinski definition) is 8. The highest BCUT2D eigenvalue weighted by Gasteiger charge is 2.43. The van der Waals surface area contributed by atoms with Crippen LogP contribution in [0.3, 0.4) is 0 Å². The second kappa shape index (κ2) is 20.4. The molecule has 10 rings (SSSR count). The number of carbonyl (C=O) groups excluding carboxylic acids is 4. The molecule has 3 heterocycles. The van der Waals surface area contributed by atoms with Crippen molar-refractivity contribution in [2.75, 3.05) is 4.90 Å². The van der Waals surface area contributed by atoms with E-state index in [2.05, 4.69) is 53.1 Å². The van der Waals surface area contributed by atoms with Crippen LogP contribution < -0.4 is 10.3 Å². The lowest BCUT2D eigenvalue weighted by Gasteiger charge is -2.36. The molecule has 9 aromatic rings. The van der Waals surface area contributed by atoms with Crippen molar-refractivity contribution in [3.63, 3.8) is 0 Å². The molecule has 2 aromatic heterocycles. The number of para-hydroxylation sites is 2. The van der Waals surface area contributed by atoms with Crippen molar-refractivity contribution in [3.05, 3.63) is 228 Å². The molecule has 0 fully saturated rings. The van der Waals surface area contributed by atoms with Crippen LogP contribution in [0, 0.1) is 0 Å². The van der Waals surface area contributed by atoms with Crippen LogP contribution in [-0.2, 0) is 44.0 Å². The number of tetrazole rings is 1. The molecule has 73 heavy (non-hydrogen) atoms. The van der Waals surface area contributed by atoms with Gasteiger partial charge in [-0.05, 0) is 107 Å². The zero-order chi connectivity index (χ0) is 50.5. The maximum absolute atomic E-state index is 15.2. The Morgan fingerprint density at radius 3 is 1.96 bits per heavy atom. The van der Waals surface area contributed by atoms with Crippen LogP contribution in [0.15, 0.2) is 194 Å². The van der Waals surface area contributed by atoms with E-state index in [0.29, 0.717) is 12.2 Å². The number of nitrogens with zero attached hydrogens (tertiary/aromatic N) is 7. The highest BCUT2D eigenvalue weighted by Crippen LogP contribution is 2.43. The summed E-state index contributed by atoms with van der Waals surface area (Å²) in [7, 11) is 0. The zero-order valence-electron chi connectivity index (χ0n) is 40.8. The Morgan fingerprint density at radius 2 is 1.32 bits per heavy atom. The fourth-order valence-electron chi connectivity index (χ4n) is 10.1. The molecule has 0 spiro atoms. The van der Waals surface area contributed by atoms with Crippen LogP contribution in [0.25, 0.3) is 33.4 Å². The van der Waals surface area contributed by atoms with Crippen LogP contribution in [0.2, 0.25) is 0 Å². The number of amides is 3. The molecule has 13 heteroatoms. The predicted molar refractivity (Wildman–Crippen MR) is 282 cm³/mol. The molecule has 1 aliphatic heterocycles. The van der Waals surface area contributed by atoms with Crippen molar-refractivity contribution in [2.45, 2.75) is 70.2 Å². The summed E-state index contributed by atoms with van der Waals surface area (Å²) < 4.78 is 9.05. The van der Waals surface area contributed by atoms with E-state index in [9.17, 15) is 14.4 Å². The summed E-state index contributed by atoms with van der Waals surface area (Å²) in [5.74, 6) is -0.256. The lowest BCUT2D eigenvalue weighted by Crippen LogP contribution is -2.58. The van der Waals surface area contributed by atoms with Gasteiger partial charge in [0.15, 0.2) is 5.82 Å². The van der Waals surface area contributed by atoms with Gasteiger partial charge in [0, 0.05) is 29.3 Å². The number of fused-ring (bicyclic) bond motifs is 2. The highest BCUT2D eigenvalue weighted by atomic mass is 16.6. The number of benzene rings is 7. The van der Waals surface area contributed by atoms with E-state index in [-0.39, 0.29) is 31.7 Å². The Morgan fingerprint density at radius 1 is 0.726 bits per heavy atom. The number of ether oxygens (including phenoxy) is 1. The van der Waals surface area contributed by atoms with E-state index in [1.165, 1.54) is 4.57 Å². The monoisotopic (exact) mass is 966 g/mol. The van der Waals surface area contributed by atoms with Gasteiger partial charge in [-0.15, -0.1) is 5.10 Å². The van der Waals surface area contributed by atoms with Crippen molar-refractivity contribution in [3.8, 4) is 22.5 Å². The number of nitrogens with one attached hydrogen (secondary N) is 1. The summed E-state index contributed by atoms with van der Waals surface area (Å²) in [6.45, 7) is 5.38. The summed E-state index contributed by atoms with van der Waals surface area (Å²) in [4.78, 5) is 56.8. The van der Waals surface area contributed by atoms with Crippen molar-refractivity contribution in [2.24, 2.45) is 0 Å². The zero-order valence-corrected chi connectivity index (χ0v) is 40.8. The van der Waals surface area contributed by atoms with Crippen LogP contribution in [-0.4, -0.2) is 65.7 Å². The molecule has 1 atom stereocenters. The molecule has 364 valence electrons. The Hall–Kier alpha value is -8.97. The molecule has 0 unspecified atom stereocenters. The smallest absolute Gasteiger partial charge is 0.426 e. The highest BCUT2D eigenvalue weighted by molar-refractivity contribution is 6.01. The number of carbonyl (C=O) groups is 4. The topological polar surface area (TPSA) is 145 Å². The van der Waals surface area contributed by atoms with Crippen molar-refractivity contribution in [1.29, 1.82) is 0 Å². The molecule has 1 N–H and O–H groups in total. The van der Waals surface area contributed by atoms with Gasteiger partial charge in [0.25, 0.3) is 5.91 Å². The van der Waals surface area contributed by atoms with E-state index >= 15 is 4.79 Å². The van der Waals surface area contributed by atoms with Gasteiger partial charge in [0.05, 0.1) is 12.1 Å². The van der Waals surface area contributed by atoms with E-state index < -0.39 is 29.2 Å². The first-order valence-corrected chi connectivity index (χ1v) is 24.4. The minimum atomic E-state index is -1.07. The second-order valence-electron chi connectivity index (χ2n) is 19.1. The third-order valence-electron chi connectivity index (χ3n) is 13.4. The van der Waals surface area contributed by atoms with Gasteiger partial charge < -0.3 is 9.64 Å². The Labute approximate surface area is 423 Å². The minimum absolute atomic E-state index is 0.0551.